The van der Waals surface area contributed by atoms with Gasteiger partial charge in [0.1, 0.15) is 5.75 Å². The van der Waals surface area contributed by atoms with Gasteiger partial charge < -0.3 is 9.64 Å². The van der Waals surface area contributed by atoms with Crippen molar-refractivity contribution >= 4 is 11.8 Å². The van der Waals surface area contributed by atoms with Gasteiger partial charge in [-0.25, -0.2) is 0 Å². The van der Waals surface area contributed by atoms with E-state index in [-0.39, 0.29) is 0 Å². The molecule has 0 unspecified atom stereocenters. The first-order valence-electron chi connectivity index (χ1n) is 6.75. The molecule has 1 aliphatic heterocycles. The summed E-state index contributed by atoms with van der Waals surface area (Å²) >= 11 is 1.90. The monoisotopic (exact) mass is 273 g/mol. The molecule has 2 aliphatic rings. The van der Waals surface area contributed by atoms with Crippen LogP contribution in [0.15, 0.2) is 47.5 Å². The fourth-order valence-electron chi connectivity index (χ4n) is 2.17. The van der Waals surface area contributed by atoms with Gasteiger partial charge in [-0.3, -0.25) is 0 Å². The lowest BCUT2D eigenvalue weighted by Crippen LogP contribution is -2.21. The molecule has 0 atom stereocenters. The van der Waals surface area contributed by atoms with Crippen molar-refractivity contribution in [1.82, 2.24) is 4.90 Å². The number of allylic oxidation sites excluding steroid dienone is 1. The first kappa shape index (κ1) is 12.7. The molecular weight excluding hydrogens is 254 g/mol. The first-order chi connectivity index (χ1) is 9.35. The van der Waals surface area contributed by atoms with Crippen LogP contribution in [0.5, 0.6) is 5.75 Å². The van der Waals surface area contributed by atoms with Crippen LogP contribution < -0.4 is 4.74 Å². The molecular formula is C16H19NOS. The zero-order valence-electron chi connectivity index (χ0n) is 11.2. The lowest BCUT2D eigenvalue weighted by Gasteiger charge is -2.21. The van der Waals surface area contributed by atoms with Crippen molar-refractivity contribution in [1.29, 1.82) is 0 Å². The van der Waals surface area contributed by atoms with Crippen LogP contribution in [0.25, 0.3) is 0 Å². The van der Waals surface area contributed by atoms with Gasteiger partial charge in [0.2, 0.25) is 0 Å². The molecule has 0 spiro atoms. The van der Waals surface area contributed by atoms with Crippen LogP contribution in [-0.2, 0) is 5.75 Å². The summed E-state index contributed by atoms with van der Waals surface area (Å²) in [4.78, 5) is 3.82. The molecule has 1 aliphatic carbocycles. The molecule has 0 aromatic heterocycles. The van der Waals surface area contributed by atoms with E-state index in [4.69, 9.17) is 4.74 Å². The molecule has 1 aromatic rings. The highest BCUT2D eigenvalue weighted by molar-refractivity contribution is 8.02. The second-order valence-corrected chi connectivity index (χ2v) is 6.04. The van der Waals surface area contributed by atoms with E-state index >= 15 is 0 Å². The summed E-state index contributed by atoms with van der Waals surface area (Å²) in [5.41, 5.74) is 1.34. The fourth-order valence-corrected chi connectivity index (χ4v) is 3.04. The first-order valence-corrected chi connectivity index (χ1v) is 7.73. The van der Waals surface area contributed by atoms with E-state index in [0.29, 0.717) is 0 Å². The Bertz CT molecular complexity index is 488. The van der Waals surface area contributed by atoms with Crippen molar-refractivity contribution < 1.29 is 4.74 Å². The average Bonchev–Trinajstić information content (AvgIpc) is 3.31. The zero-order chi connectivity index (χ0) is 13.1. The molecule has 0 N–H and O–H groups in total. The van der Waals surface area contributed by atoms with Crippen molar-refractivity contribution in [2.45, 2.75) is 24.6 Å². The number of rotatable bonds is 5. The fraction of sp³-hybridized carbons (Fsp3) is 0.375. The van der Waals surface area contributed by atoms with Crippen LogP contribution in [0.1, 0.15) is 18.4 Å². The lowest BCUT2D eigenvalue weighted by molar-refractivity contribution is 0.401. The SMILES string of the molecule is COc1ccc(CSC2=CCN(C3CC3)C=C2)cc1. The van der Waals surface area contributed by atoms with Gasteiger partial charge in [0.15, 0.2) is 0 Å². The molecule has 100 valence electrons. The van der Waals surface area contributed by atoms with Gasteiger partial charge in [0, 0.05) is 29.4 Å². The van der Waals surface area contributed by atoms with E-state index in [0.717, 1.165) is 24.1 Å². The molecule has 3 rings (SSSR count). The molecule has 1 saturated carbocycles. The van der Waals surface area contributed by atoms with Gasteiger partial charge >= 0.3 is 0 Å². The maximum Gasteiger partial charge on any atom is 0.118 e. The second-order valence-electron chi connectivity index (χ2n) is 4.99. The highest BCUT2D eigenvalue weighted by Crippen LogP contribution is 2.31. The number of nitrogens with zero attached hydrogens (tertiary/aromatic N) is 1. The molecule has 1 fully saturated rings. The van der Waals surface area contributed by atoms with Gasteiger partial charge in [-0.1, -0.05) is 18.2 Å². The van der Waals surface area contributed by atoms with Crippen molar-refractivity contribution in [2.24, 2.45) is 0 Å². The van der Waals surface area contributed by atoms with Crippen LogP contribution in [0.3, 0.4) is 0 Å². The molecule has 2 nitrogen and oxygen atoms in total. The van der Waals surface area contributed by atoms with Crippen LogP contribution >= 0.6 is 11.8 Å². The molecule has 0 bridgehead atoms. The highest BCUT2D eigenvalue weighted by Gasteiger charge is 2.26. The van der Waals surface area contributed by atoms with Crippen molar-refractivity contribution in [3.63, 3.8) is 0 Å². The van der Waals surface area contributed by atoms with Gasteiger partial charge in [0.05, 0.1) is 7.11 Å². The molecule has 19 heavy (non-hydrogen) atoms. The standard InChI is InChI=1S/C16H19NOS/c1-18-15-6-2-13(3-7-15)12-19-16-8-10-17(11-9-16)14-4-5-14/h2-3,6-10,14H,4-5,11-12H2,1H3. The van der Waals surface area contributed by atoms with E-state index in [1.165, 1.54) is 23.3 Å². The van der Waals surface area contributed by atoms with Crippen molar-refractivity contribution in [3.8, 4) is 5.75 Å². The Morgan fingerprint density at radius 2 is 2.05 bits per heavy atom. The lowest BCUT2D eigenvalue weighted by atomic mass is 10.2. The van der Waals surface area contributed by atoms with Gasteiger partial charge in [0.25, 0.3) is 0 Å². The Balaban J connectivity index is 1.50. The Kier molecular flexibility index (Phi) is 3.83. The van der Waals surface area contributed by atoms with E-state index < -0.39 is 0 Å². The summed E-state index contributed by atoms with van der Waals surface area (Å²) in [6, 6.07) is 9.14. The molecule has 0 radical (unpaired) electrons. The average molecular weight is 273 g/mol. The maximum absolute atomic E-state index is 5.17. The predicted molar refractivity (Wildman–Crippen MR) is 81.2 cm³/mol. The Hall–Kier alpha value is -1.35. The summed E-state index contributed by atoms with van der Waals surface area (Å²) in [7, 11) is 1.70. The number of hydrogen-bond donors (Lipinski definition) is 0. The third-order valence-corrected chi connectivity index (χ3v) is 4.63. The molecule has 0 amide bonds. The quantitative estimate of drug-likeness (QED) is 0.809. The minimum Gasteiger partial charge on any atom is -0.497 e. The Morgan fingerprint density at radius 3 is 2.63 bits per heavy atom. The molecule has 0 saturated heterocycles. The van der Waals surface area contributed by atoms with Crippen molar-refractivity contribution in [3.05, 3.63) is 53.1 Å². The van der Waals surface area contributed by atoms with Gasteiger partial charge in [-0.2, -0.15) is 0 Å². The molecule has 1 heterocycles. The molecule has 3 heteroatoms. The smallest absolute Gasteiger partial charge is 0.118 e. The summed E-state index contributed by atoms with van der Waals surface area (Å²) in [5, 5.41) is 0. The predicted octanol–water partition coefficient (Wildman–Crippen LogP) is 3.80. The van der Waals surface area contributed by atoms with Crippen LogP contribution in [-0.4, -0.2) is 24.6 Å². The maximum atomic E-state index is 5.17. The van der Waals surface area contributed by atoms with Gasteiger partial charge in [-0.15, -0.1) is 11.8 Å². The molecule has 1 aromatic carbocycles. The van der Waals surface area contributed by atoms with E-state index in [2.05, 4.69) is 35.4 Å². The zero-order valence-corrected chi connectivity index (χ0v) is 12.0. The largest absolute Gasteiger partial charge is 0.497 e. The number of ether oxygens (including phenoxy) is 1. The minimum absolute atomic E-state index is 0.820. The summed E-state index contributed by atoms with van der Waals surface area (Å²) in [5.74, 6) is 1.94. The Labute approximate surface area is 119 Å². The number of thioether (sulfide) groups is 1. The van der Waals surface area contributed by atoms with Crippen LogP contribution in [0.4, 0.5) is 0 Å². The highest BCUT2D eigenvalue weighted by atomic mass is 32.2. The third-order valence-electron chi connectivity index (χ3n) is 3.51. The van der Waals surface area contributed by atoms with Crippen LogP contribution in [0, 0.1) is 0 Å². The van der Waals surface area contributed by atoms with E-state index in [1.807, 2.05) is 23.9 Å². The second kappa shape index (κ2) is 5.74. The third kappa shape index (κ3) is 3.35. The Morgan fingerprint density at radius 1 is 1.26 bits per heavy atom. The van der Waals surface area contributed by atoms with E-state index in [1.54, 1.807) is 7.11 Å². The topological polar surface area (TPSA) is 12.5 Å². The summed E-state index contributed by atoms with van der Waals surface area (Å²) in [6.07, 6.45) is 9.58. The number of benzene rings is 1. The summed E-state index contributed by atoms with van der Waals surface area (Å²) in [6.45, 7) is 1.08. The summed E-state index contributed by atoms with van der Waals surface area (Å²) < 4.78 is 5.17. The van der Waals surface area contributed by atoms with E-state index in [9.17, 15) is 0 Å². The van der Waals surface area contributed by atoms with Crippen molar-refractivity contribution in [2.75, 3.05) is 13.7 Å². The normalized spacial score (nSPS) is 18.4. The van der Waals surface area contributed by atoms with Gasteiger partial charge in [-0.05, 0) is 36.6 Å². The minimum atomic E-state index is 0.820. The number of hydrogen-bond acceptors (Lipinski definition) is 3. The number of methoxy groups -OCH3 is 1. The van der Waals surface area contributed by atoms with Crippen LogP contribution in [0.2, 0.25) is 0 Å².